The minimum Gasteiger partial charge on any atom is -0.497 e. The molecule has 24 heavy (non-hydrogen) atoms. The van der Waals surface area contributed by atoms with E-state index in [0.29, 0.717) is 12.5 Å². The smallest absolute Gasteiger partial charge is 0.118 e. The molecule has 0 saturated carbocycles. The van der Waals surface area contributed by atoms with Crippen LogP contribution in [-0.2, 0) is 12.8 Å². The highest BCUT2D eigenvalue weighted by Crippen LogP contribution is 2.23. The molecule has 3 nitrogen and oxygen atoms in total. The maximum absolute atomic E-state index is 9.38. The van der Waals surface area contributed by atoms with Gasteiger partial charge in [0.2, 0.25) is 0 Å². The van der Waals surface area contributed by atoms with E-state index in [2.05, 4.69) is 41.3 Å². The molecule has 1 aliphatic rings. The topological polar surface area (TPSA) is 32.7 Å². The second-order valence-electron chi connectivity index (χ2n) is 6.65. The number of piperidine rings is 1. The molecule has 0 bridgehead atoms. The van der Waals surface area contributed by atoms with Crippen molar-refractivity contribution in [1.82, 2.24) is 0 Å². The van der Waals surface area contributed by atoms with E-state index in [1.807, 2.05) is 12.1 Å². The SMILES string of the molecule is COc1ccc(CCc2ccc(N3CCCC(CO)C3)cc2)cc1. The number of anilines is 1. The molecule has 0 aliphatic carbocycles. The number of methoxy groups -OCH3 is 1. The number of aliphatic hydroxyl groups is 1. The Labute approximate surface area is 144 Å². The molecule has 1 aliphatic heterocycles. The van der Waals surface area contributed by atoms with Gasteiger partial charge in [-0.1, -0.05) is 24.3 Å². The maximum Gasteiger partial charge on any atom is 0.118 e. The van der Waals surface area contributed by atoms with Gasteiger partial charge in [-0.3, -0.25) is 0 Å². The first-order chi connectivity index (χ1) is 11.8. The first kappa shape index (κ1) is 16.8. The van der Waals surface area contributed by atoms with E-state index in [4.69, 9.17) is 4.74 Å². The van der Waals surface area contributed by atoms with Gasteiger partial charge in [-0.05, 0) is 67.0 Å². The second kappa shape index (κ2) is 8.20. The van der Waals surface area contributed by atoms with E-state index in [1.54, 1.807) is 7.11 Å². The molecule has 0 amide bonds. The van der Waals surface area contributed by atoms with Gasteiger partial charge < -0.3 is 14.7 Å². The molecular formula is C21H27NO2. The number of hydrogen-bond acceptors (Lipinski definition) is 3. The lowest BCUT2D eigenvalue weighted by Gasteiger charge is -2.33. The van der Waals surface area contributed by atoms with E-state index in [-0.39, 0.29) is 0 Å². The van der Waals surface area contributed by atoms with Crippen molar-refractivity contribution in [1.29, 1.82) is 0 Å². The fourth-order valence-corrected chi connectivity index (χ4v) is 3.40. The van der Waals surface area contributed by atoms with Crippen LogP contribution in [0.1, 0.15) is 24.0 Å². The molecule has 2 aromatic carbocycles. The van der Waals surface area contributed by atoms with Gasteiger partial charge >= 0.3 is 0 Å². The molecule has 2 aromatic rings. The number of aliphatic hydroxyl groups excluding tert-OH is 1. The Morgan fingerprint density at radius 3 is 2.21 bits per heavy atom. The zero-order chi connectivity index (χ0) is 16.8. The normalized spacial score (nSPS) is 17.8. The highest BCUT2D eigenvalue weighted by molar-refractivity contribution is 5.48. The molecular weight excluding hydrogens is 298 g/mol. The summed E-state index contributed by atoms with van der Waals surface area (Å²) in [6.07, 6.45) is 4.41. The first-order valence-corrected chi connectivity index (χ1v) is 8.86. The minimum atomic E-state index is 0.302. The molecule has 0 aromatic heterocycles. The molecule has 1 unspecified atom stereocenters. The van der Waals surface area contributed by atoms with E-state index in [9.17, 15) is 5.11 Å². The van der Waals surface area contributed by atoms with Crippen LogP contribution in [-0.4, -0.2) is 31.9 Å². The van der Waals surface area contributed by atoms with Crippen LogP contribution in [0.2, 0.25) is 0 Å². The van der Waals surface area contributed by atoms with Gasteiger partial charge in [0.15, 0.2) is 0 Å². The average molecular weight is 325 g/mol. The van der Waals surface area contributed by atoms with Gasteiger partial charge in [0.25, 0.3) is 0 Å². The summed E-state index contributed by atoms with van der Waals surface area (Å²) in [6.45, 7) is 2.37. The van der Waals surface area contributed by atoms with Crippen molar-refractivity contribution in [2.75, 3.05) is 31.7 Å². The maximum atomic E-state index is 9.38. The van der Waals surface area contributed by atoms with Gasteiger partial charge in [-0.15, -0.1) is 0 Å². The van der Waals surface area contributed by atoms with Gasteiger partial charge in [0, 0.05) is 25.4 Å². The molecule has 3 heteroatoms. The summed E-state index contributed by atoms with van der Waals surface area (Å²) in [5, 5.41) is 9.38. The third-order valence-corrected chi connectivity index (χ3v) is 4.94. The summed E-state index contributed by atoms with van der Waals surface area (Å²) >= 11 is 0. The summed E-state index contributed by atoms with van der Waals surface area (Å²) in [5.41, 5.74) is 3.98. The van der Waals surface area contributed by atoms with Gasteiger partial charge in [0.05, 0.1) is 7.11 Å². The van der Waals surface area contributed by atoms with Gasteiger partial charge in [-0.25, -0.2) is 0 Å². The van der Waals surface area contributed by atoms with Crippen LogP contribution >= 0.6 is 0 Å². The van der Waals surface area contributed by atoms with Crippen LogP contribution in [0.5, 0.6) is 5.75 Å². The molecule has 1 heterocycles. The Bertz CT molecular complexity index is 621. The molecule has 128 valence electrons. The van der Waals surface area contributed by atoms with E-state index in [1.165, 1.54) is 23.2 Å². The first-order valence-electron chi connectivity index (χ1n) is 8.86. The highest BCUT2D eigenvalue weighted by Gasteiger charge is 2.19. The lowest BCUT2D eigenvalue weighted by Crippen LogP contribution is -2.36. The van der Waals surface area contributed by atoms with Crippen molar-refractivity contribution in [2.45, 2.75) is 25.7 Å². The Morgan fingerprint density at radius 1 is 1.00 bits per heavy atom. The quantitative estimate of drug-likeness (QED) is 0.879. The molecule has 1 N–H and O–H groups in total. The third-order valence-electron chi connectivity index (χ3n) is 4.94. The van der Waals surface area contributed by atoms with E-state index in [0.717, 1.165) is 38.1 Å². The summed E-state index contributed by atoms with van der Waals surface area (Å²) in [7, 11) is 1.70. The largest absolute Gasteiger partial charge is 0.497 e. The predicted octanol–water partition coefficient (Wildman–Crippen LogP) is 3.69. The summed E-state index contributed by atoms with van der Waals surface area (Å²) in [5.74, 6) is 1.33. The fraction of sp³-hybridized carbons (Fsp3) is 0.429. The Kier molecular flexibility index (Phi) is 5.76. The van der Waals surface area contributed by atoms with Crippen molar-refractivity contribution in [3.8, 4) is 5.75 Å². The van der Waals surface area contributed by atoms with Gasteiger partial charge in [-0.2, -0.15) is 0 Å². The van der Waals surface area contributed by atoms with Crippen molar-refractivity contribution in [2.24, 2.45) is 5.92 Å². The third kappa shape index (κ3) is 4.30. The van der Waals surface area contributed by atoms with Crippen LogP contribution in [0.4, 0.5) is 5.69 Å². The zero-order valence-electron chi connectivity index (χ0n) is 14.4. The molecule has 1 atom stereocenters. The van der Waals surface area contributed by atoms with E-state index >= 15 is 0 Å². The van der Waals surface area contributed by atoms with Gasteiger partial charge in [0.1, 0.15) is 5.75 Å². The number of aryl methyl sites for hydroxylation is 2. The molecule has 1 fully saturated rings. The summed E-state index contributed by atoms with van der Waals surface area (Å²) in [4.78, 5) is 2.40. The lowest BCUT2D eigenvalue weighted by molar-refractivity contribution is 0.209. The Hall–Kier alpha value is -2.00. The zero-order valence-corrected chi connectivity index (χ0v) is 14.4. The molecule has 0 spiro atoms. The van der Waals surface area contributed by atoms with Crippen molar-refractivity contribution < 1.29 is 9.84 Å². The van der Waals surface area contributed by atoms with Crippen LogP contribution in [0, 0.1) is 5.92 Å². The van der Waals surface area contributed by atoms with Crippen molar-refractivity contribution in [3.05, 3.63) is 59.7 Å². The van der Waals surface area contributed by atoms with Crippen LogP contribution in [0.3, 0.4) is 0 Å². The molecule has 3 rings (SSSR count). The number of nitrogens with zero attached hydrogens (tertiary/aromatic N) is 1. The fourth-order valence-electron chi connectivity index (χ4n) is 3.40. The number of hydrogen-bond donors (Lipinski definition) is 1. The van der Waals surface area contributed by atoms with Crippen molar-refractivity contribution >= 4 is 5.69 Å². The highest BCUT2D eigenvalue weighted by atomic mass is 16.5. The molecule has 1 saturated heterocycles. The van der Waals surface area contributed by atoms with E-state index < -0.39 is 0 Å². The standard InChI is InChI=1S/C21H27NO2/c1-24-21-12-8-18(9-13-21)5-4-17-6-10-20(11-7-17)22-14-2-3-19(15-22)16-23/h6-13,19,23H,2-5,14-16H2,1H3. The lowest BCUT2D eigenvalue weighted by atomic mass is 9.98. The Morgan fingerprint density at radius 2 is 1.62 bits per heavy atom. The minimum absolute atomic E-state index is 0.302. The number of ether oxygens (including phenoxy) is 1. The average Bonchev–Trinajstić information content (AvgIpc) is 2.67. The molecule has 0 radical (unpaired) electrons. The Balaban J connectivity index is 1.56. The second-order valence-corrected chi connectivity index (χ2v) is 6.65. The summed E-state index contributed by atoms with van der Waals surface area (Å²) < 4.78 is 5.20. The summed E-state index contributed by atoms with van der Waals surface area (Å²) in [6, 6.07) is 17.2. The van der Waals surface area contributed by atoms with Crippen LogP contribution in [0.25, 0.3) is 0 Å². The van der Waals surface area contributed by atoms with Crippen LogP contribution in [0.15, 0.2) is 48.5 Å². The van der Waals surface area contributed by atoms with Crippen LogP contribution < -0.4 is 9.64 Å². The number of rotatable bonds is 6. The number of benzene rings is 2. The van der Waals surface area contributed by atoms with Crippen molar-refractivity contribution in [3.63, 3.8) is 0 Å². The monoisotopic (exact) mass is 325 g/mol. The predicted molar refractivity (Wildman–Crippen MR) is 98.9 cm³/mol.